The quantitative estimate of drug-likeness (QED) is 0.588. The molecular weight excluding hydrogens is 438 g/mol. The molecule has 5 nitrogen and oxygen atoms in total. The maximum Gasteiger partial charge on any atom is 0.161 e. The Kier molecular flexibility index (Phi) is 5.83. The molecule has 0 N–H and O–H groups in total. The number of rotatable bonds is 6. The highest BCUT2D eigenvalue weighted by atomic mass is 79.9. The second-order valence-electron chi connectivity index (χ2n) is 6.79. The predicted molar refractivity (Wildman–Crippen MR) is 117 cm³/mol. The Morgan fingerprint density at radius 2 is 2.11 bits per heavy atom. The van der Waals surface area contributed by atoms with Crippen molar-refractivity contribution in [1.82, 2.24) is 9.88 Å². The summed E-state index contributed by atoms with van der Waals surface area (Å²) < 4.78 is 12.4. The molecule has 3 heterocycles. The van der Waals surface area contributed by atoms with Crippen molar-refractivity contribution < 1.29 is 9.47 Å². The largest absolute Gasteiger partial charge is 0.493 e. The smallest absolute Gasteiger partial charge is 0.161 e. The normalized spacial score (nSPS) is 23.5. The molecule has 0 aliphatic carbocycles. The van der Waals surface area contributed by atoms with Crippen LogP contribution in [-0.2, 0) is 0 Å². The lowest BCUT2D eigenvalue weighted by Gasteiger charge is -2.32. The number of benzene rings is 1. The number of aliphatic imine (C=N–C) groups is 1. The van der Waals surface area contributed by atoms with Crippen molar-refractivity contribution in [3.63, 3.8) is 0 Å². The fraction of sp³-hybridized carbons (Fsp3) is 0.429. The number of fused-ring (bicyclic) bond motifs is 1. The van der Waals surface area contributed by atoms with Gasteiger partial charge in [-0.25, -0.2) is 0 Å². The van der Waals surface area contributed by atoms with Gasteiger partial charge >= 0.3 is 0 Å². The molecule has 1 aromatic heterocycles. The average molecular weight is 462 g/mol. The topological polar surface area (TPSA) is 47.0 Å². The number of methoxy groups -OCH3 is 1. The number of nitrogens with zero attached hydrogens (tertiary/aromatic N) is 3. The van der Waals surface area contributed by atoms with Crippen molar-refractivity contribution in [3.8, 4) is 11.5 Å². The second-order valence-corrected chi connectivity index (χ2v) is 8.64. The number of amidine groups is 1. The van der Waals surface area contributed by atoms with Gasteiger partial charge in [0, 0.05) is 22.5 Å². The molecule has 0 amide bonds. The summed E-state index contributed by atoms with van der Waals surface area (Å²) in [5.74, 6) is 2.57. The first kappa shape index (κ1) is 19.6. The first-order chi connectivity index (χ1) is 13.7. The highest BCUT2D eigenvalue weighted by Crippen LogP contribution is 2.51. The Morgan fingerprint density at radius 1 is 1.25 bits per heavy atom. The van der Waals surface area contributed by atoms with Crippen molar-refractivity contribution in [3.05, 3.63) is 52.3 Å². The van der Waals surface area contributed by atoms with Crippen LogP contribution >= 0.6 is 27.7 Å². The summed E-state index contributed by atoms with van der Waals surface area (Å²) in [6, 6.07) is 10.6. The molecule has 1 saturated heterocycles. The molecule has 2 aromatic rings. The van der Waals surface area contributed by atoms with Gasteiger partial charge in [-0.1, -0.05) is 40.7 Å². The molecule has 3 atom stereocenters. The van der Waals surface area contributed by atoms with E-state index in [0.717, 1.165) is 44.6 Å². The molecule has 2 aliphatic rings. The van der Waals surface area contributed by atoms with Gasteiger partial charge in [0.2, 0.25) is 0 Å². The van der Waals surface area contributed by atoms with Gasteiger partial charge in [0.15, 0.2) is 16.7 Å². The van der Waals surface area contributed by atoms with Gasteiger partial charge in [-0.05, 0) is 43.2 Å². The zero-order valence-corrected chi connectivity index (χ0v) is 18.7. The van der Waals surface area contributed by atoms with Crippen molar-refractivity contribution in [1.29, 1.82) is 0 Å². The van der Waals surface area contributed by atoms with Crippen LogP contribution in [0.25, 0.3) is 0 Å². The van der Waals surface area contributed by atoms with E-state index >= 15 is 0 Å². The summed E-state index contributed by atoms with van der Waals surface area (Å²) in [6.07, 6.45) is 2.93. The van der Waals surface area contributed by atoms with Gasteiger partial charge in [-0.15, -0.1) is 0 Å². The van der Waals surface area contributed by atoms with Crippen LogP contribution in [0.15, 0.2) is 46.0 Å². The van der Waals surface area contributed by atoms with E-state index in [0.29, 0.717) is 12.6 Å². The van der Waals surface area contributed by atoms with E-state index in [1.807, 2.05) is 43.1 Å². The van der Waals surface area contributed by atoms with Crippen LogP contribution in [0, 0.1) is 0 Å². The summed E-state index contributed by atoms with van der Waals surface area (Å²) in [5.41, 5.74) is 2.14. The van der Waals surface area contributed by atoms with Crippen molar-refractivity contribution in [2.45, 2.75) is 38.4 Å². The van der Waals surface area contributed by atoms with Crippen molar-refractivity contribution in [2.75, 3.05) is 19.5 Å². The second kappa shape index (κ2) is 8.33. The van der Waals surface area contributed by atoms with Crippen LogP contribution in [0.3, 0.4) is 0 Å². The van der Waals surface area contributed by atoms with Gasteiger partial charge in [-0.2, -0.15) is 0 Å². The third-order valence-corrected chi connectivity index (χ3v) is 7.04. The minimum absolute atomic E-state index is 0.0442. The first-order valence-electron chi connectivity index (χ1n) is 9.58. The molecule has 148 valence electrons. The van der Waals surface area contributed by atoms with Gasteiger partial charge in [-0.3, -0.25) is 9.98 Å². The van der Waals surface area contributed by atoms with Crippen molar-refractivity contribution >= 4 is 32.9 Å². The molecule has 7 heteroatoms. The summed E-state index contributed by atoms with van der Waals surface area (Å²) in [7, 11) is 1.67. The number of ether oxygens (including phenoxy) is 2. The monoisotopic (exact) mass is 461 g/mol. The molecule has 3 unspecified atom stereocenters. The van der Waals surface area contributed by atoms with Crippen LogP contribution in [0.2, 0.25) is 0 Å². The number of hydrogen-bond acceptors (Lipinski definition) is 6. The Labute approximate surface area is 178 Å². The van der Waals surface area contributed by atoms with Gasteiger partial charge in [0.05, 0.1) is 25.5 Å². The van der Waals surface area contributed by atoms with E-state index < -0.39 is 0 Å². The van der Waals surface area contributed by atoms with Crippen LogP contribution in [-0.4, -0.2) is 40.6 Å². The average Bonchev–Trinajstić information content (AvgIpc) is 3.29. The molecule has 0 bridgehead atoms. The molecule has 0 radical (unpaired) electrons. The fourth-order valence-electron chi connectivity index (χ4n) is 3.89. The Morgan fingerprint density at radius 3 is 2.79 bits per heavy atom. The zero-order valence-electron chi connectivity index (χ0n) is 16.3. The molecule has 0 spiro atoms. The highest BCUT2D eigenvalue weighted by molar-refractivity contribution is 9.10. The Hall–Kier alpha value is -1.73. The maximum atomic E-state index is 5.87. The van der Waals surface area contributed by atoms with E-state index in [-0.39, 0.29) is 12.1 Å². The first-order valence-corrected chi connectivity index (χ1v) is 11.4. The minimum atomic E-state index is -0.0442. The van der Waals surface area contributed by atoms with Crippen LogP contribution in [0.5, 0.6) is 11.5 Å². The molecule has 1 fully saturated rings. The maximum absolute atomic E-state index is 5.87. The SMILES string of the molecule is CCOc1cc(C2C(c3ccccn3)N=C3SCC(CC)N32)c(Br)cc1OC. The molecule has 1 aromatic carbocycles. The van der Waals surface area contributed by atoms with E-state index in [2.05, 4.69) is 44.9 Å². The summed E-state index contributed by atoms with van der Waals surface area (Å²) in [6.45, 7) is 4.82. The molecule has 28 heavy (non-hydrogen) atoms. The fourth-order valence-corrected chi connectivity index (χ4v) is 5.79. The molecular formula is C21H24BrN3O2S. The lowest BCUT2D eigenvalue weighted by Crippen LogP contribution is -2.35. The number of pyridine rings is 1. The Balaban J connectivity index is 1.83. The minimum Gasteiger partial charge on any atom is -0.493 e. The van der Waals surface area contributed by atoms with E-state index in [1.165, 1.54) is 0 Å². The van der Waals surface area contributed by atoms with Crippen LogP contribution in [0.4, 0.5) is 0 Å². The van der Waals surface area contributed by atoms with E-state index in [4.69, 9.17) is 14.5 Å². The molecule has 4 rings (SSSR count). The third-order valence-electron chi connectivity index (χ3n) is 5.23. The highest BCUT2D eigenvalue weighted by Gasteiger charge is 2.46. The number of halogens is 1. The van der Waals surface area contributed by atoms with E-state index in [9.17, 15) is 0 Å². The lowest BCUT2D eigenvalue weighted by molar-refractivity contribution is 0.252. The Bertz CT molecular complexity index is 877. The number of thioether (sulfide) groups is 1. The summed E-state index contributed by atoms with van der Waals surface area (Å²) in [4.78, 5) is 12.2. The van der Waals surface area contributed by atoms with Gasteiger partial charge < -0.3 is 14.4 Å². The number of hydrogen-bond donors (Lipinski definition) is 0. The van der Waals surface area contributed by atoms with Crippen molar-refractivity contribution in [2.24, 2.45) is 4.99 Å². The predicted octanol–water partition coefficient (Wildman–Crippen LogP) is 5.23. The van der Waals surface area contributed by atoms with Crippen LogP contribution in [0.1, 0.15) is 43.6 Å². The number of aromatic nitrogens is 1. The van der Waals surface area contributed by atoms with E-state index in [1.54, 1.807) is 7.11 Å². The third kappa shape index (κ3) is 3.39. The molecule has 0 saturated carbocycles. The zero-order chi connectivity index (χ0) is 19.7. The summed E-state index contributed by atoms with van der Waals surface area (Å²) >= 11 is 5.63. The standard InChI is InChI=1S/C21H24BrN3O2S/c1-4-13-12-28-21-24-19(16-8-6-7-9-23-16)20(25(13)21)14-10-18(27-5-2)17(26-3)11-15(14)22/h6-11,13,19-20H,4-5,12H2,1-3H3. The van der Waals surface area contributed by atoms with Crippen LogP contribution < -0.4 is 9.47 Å². The van der Waals surface area contributed by atoms with Gasteiger partial charge in [0.1, 0.15) is 6.04 Å². The summed E-state index contributed by atoms with van der Waals surface area (Å²) in [5, 5.41) is 1.12. The van der Waals surface area contributed by atoms with Gasteiger partial charge in [0.25, 0.3) is 0 Å². The molecule has 2 aliphatic heterocycles. The lowest BCUT2D eigenvalue weighted by atomic mass is 9.95.